The maximum absolute atomic E-state index is 14.5. The maximum Gasteiger partial charge on any atom is 0.297 e. The number of nitrogens with one attached hydrogen (secondary N) is 3. The third kappa shape index (κ3) is 9.47. The predicted molar refractivity (Wildman–Crippen MR) is 278 cm³/mol. The molecule has 2 saturated carbocycles. The standard InChI is InChI=1S/C55H68N8O8S/c1-35(2)41-8-5-6-9-42(41)45-10-7-21-62(45)39-32-55(33-39)18-22-60(23-19-55)38-11-12-43(47(29-38)71-49-28-37-15-20-56-51(37)58-52(49)61-24-26-69-27-25-61)53(64)59-72(67,68)40-30-46(63(65)66)50-48(31-40)70-34-44(57-50)36-13-16-54(3,4)17-14-36/h5-6,8-9,11-12,15,20,28-31,35-36,39,44-45,57H,7,10,13-14,16-19,21-27,32-34H2,1-4H3,(H,56,58)(H,59,64)/t44-,45+/m1/s1. The van der Waals surface area contributed by atoms with Gasteiger partial charge in [-0.1, -0.05) is 52.0 Å². The fourth-order valence-corrected chi connectivity index (χ4v) is 13.7. The first-order valence-electron chi connectivity index (χ1n) is 26.1. The number of likely N-dealkylation sites (tertiary alicyclic amines) is 1. The normalized spacial score (nSPS) is 22.6. The molecule has 11 rings (SSSR count). The van der Waals surface area contributed by atoms with Crippen molar-refractivity contribution < 1.29 is 32.3 Å². The van der Waals surface area contributed by atoms with E-state index in [2.05, 4.69) is 81.7 Å². The molecule has 17 heteroatoms. The van der Waals surface area contributed by atoms with E-state index in [1.807, 2.05) is 24.3 Å². The molecule has 5 fully saturated rings. The van der Waals surface area contributed by atoms with Crippen molar-refractivity contribution in [3.63, 3.8) is 0 Å². The molecule has 72 heavy (non-hydrogen) atoms. The van der Waals surface area contributed by atoms with Crippen LogP contribution in [0.2, 0.25) is 0 Å². The average molecular weight is 1000 g/mol. The molecule has 0 unspecified atom stereocenters. The number of anilines is 3. The molecule has 2 atom stereocenters. The van der Waals surface area contributed by atoms with Crippen LogP contribution in [0.5, 0.6) is 17.2 Å². The van der Waals surface area contributed by atoms with Gasteiger partial charge in [0.2, 0.25) is 0 Å². The van der Waals surface area contributed by atoms with E-state index in [1.165, 1.54) is 42.9 Å². The summed E-state index contributed by atoms with van der Waals surface area (Å²) < 4.78 is 49.2. The first-order valence-corrected chi connectivity index (χ1v) is 27.6. The summed E-state index contributed by atoms with van der Waals surface area (Å²) in [5, 5.41) is 16.7. The van der Waals surface area contributed by atoms with Gasteiger partial charge in [0.05, 0.1) is 34.6 Å². The first kappa shape index (κ1) is 48.4. The van der Waals surface area contributed by atoms with Crippen molar-refractivity contribution in [1.29, 1.82) is 0 Å². The lowest BCUT2D eigenvalue weighted by Gasteiger charge is -2.56. The number of amides is 1. The van der Waals surface area contributed by atoms with E-state index in [0.717, 1.165) is 75.3 Å². The lowest BCUT2D eigenvalue weighted by atomic mass is 9.59. The highest BCUT2D eigenvalue weighted by molar-refractivity contribution is 7.90. The Bertz CT molecular complexity index is 2960. The van der Waals surface area contributed by atoms with Crippen LogP contribution in [0.3, 0.4) is 0 Å². The van der Waals surface area contributed by atoms with E-state index in [-0.39, 0.29) is 52.1 Å². The number of H-pyrrole nitrogens is 1. The molecule has 0 bridgehead atoms. The Morgan fingerprint density at radius 2 is 1.68 bits per heavy atom. The topological polar surface area (TPSA) is 184 Å². The summed E-state index contributed by atoms with van der Waals surface area (Å²) in [6, 6.07) is 21.2. The van der Waals surface area contributed by atoms with Gasteiger partial charge >= 0.3 is 0 Å². The number of nitrogens with zero attached hydrogens (tertiary/aromatic N) is 5. The monoisotopic (exact) mass is 1000 g/mol. The fraction of sp³-hybridized carbons (Fsp3) is 0.527. The number of pyridine rings is 1. The Balaban J connectivity index is 0.847. The van der Waals surface area contributed by atoms with E-state index in [1.54, 1.807) is 12.3 Å². The van der Waals surface area contributed by atoms with Gasteiger partial charge in [0.1, 0.15) is 18.0 Å². The zero-order chi connectivity index (χ0) is 49.9. The Hall–Kier alpha value is -5.91. The largest absolute Gasteiger partial charge is 0.489 e. The maximum atomic E-state index is 14.5. The van der Waals surface area contributed by atoms with E-state index < -0.39 is 31.4 Å². The van der Waals surface area contributed by atoms with Gasteiger partial charge in [0.25, 0.3) is 21.6 Å². The van der Waals surface area contributed by atoms with Gasteiger partial charge in [-0.15, -0.1) is 0 Å². The molecule has 16 nitrogen and oxygen atoms in total. The third-order valence-corrected chi connectivity index (χ3v) is 18.3. The summed E-state index contributed by atoms with van der Waals surface area (Å²) in [6.07, 6.45) is 12.7. The lowest BCUT2D eigenvalue weighted by Crippen LogP contribution is -2.54. The summed E-state index contributed by atoms with van der Waals surface area (Å²) in [5.41, 5.74) is 4.70. The highest BCUT2D eigenvalue weighted by Crippen LogP contribution is 2.55. The molecule has 0 radical (unpaired) electrons. The molecule has 1 spiro atoms. The average Bonchev–Trinajstić information content (AvgIpc) is 4.05. The quantitative estimate of drug-likeness (QED) is 0.0793. The van der Waals surface area contributed by atoms with Crippen LogP contribution in [-0.2, 0) is 14.8 Å². The van der Waals surface area contributed by atoms with Crippen molar-refractivity contribution in [2.24, 2.45) is 16.7 Å². The third-order valence-electron chi connectivity index (χ3n) is 17.0. The van der Waals surface area contributed by atoms with Gasteiger partial charge in [-0.3, -0.25) is 19.8 Å². The van der Waals surface area contributed by atoms with Crippen molar-refractivity contribution in [2.45, 2.75) is 121 Å². The van der Waals surface area contributed by atoms with Gasteiger partial charge in [-0.05, 0) is 129 Å². The Morgan fingerprint density at radius 1 is 0.917 bits per heavy atom. The van der Waals surface area contributed by atoms with Crippen LogP contribution in [-0.4, -0.2) is 98.7 Å². The van der Waals surface area contributed by atoms with Crippen molar-refractivity contribution >= 4 is 49.8 Å². The molecular formula is C55H68N8O8S. The Labute approximate surface area is 422 Å². The number of benzene rings is 3. The van der Waals surface area contributed by atoms with Crippen LogP contribution < -0.4 is 29.3 Å². The minimum Gasteiger partial charge on any atom is -0.489 e. The van der Waals surface area contributed by atoms with Gasteiger partial charge in [0.15, 0.2) is 23.0 Å². The van der Waals surface area contributed by atoms with Crippen LogP contribution >= 0.6 is 0 Å². The Morgan fingerprint density at radius 3 is 2.43 bits per heavy atom. The number of nitro benzene ring substituents is 1. The molecule has 3 aromatic carbocycles. The highest BCUT2D eigenvalue weighted by Gasteiger charge is 2.50. The number of carbonyl (C=O) groups excluding carboxylic acids is 1. The molecule has 382 valence electrons. The summed E-state index contributed by atoms with van der Waals surface area (Å²) in [7, 11) is -4.68. The van der Waals surface area contributed by atoms with Crippen LogP contribution in [0.4, 0.5) is 22.9 Å². The molecule has 1 amide bonds. The summed E-state index contributed by atoms with van der Waals surface area (Å²) in [4.78, 5) is 41.3. The molecule has 6 aliphatic rings. The molecule has 2 aliphatic carbocycles. The number of sulfonamides is 1. The van der Waals surface area contributed by atoms with Gasteiger partial charge in [0, 0.05) is 73.7 Å². The van der Waals surface area contributed by atoms with E-state index >= 15 is 0 Å². The number of rotatable bonds is 12. The molecule has 6 heterocycles. The number of fused-ring (bicyclic) bond motifs is 2. The molecule has 4 aliphatic heterocycles. The number of aromatic nitrogens is 2. The SMILES string of the molecule is CC(C)c1ccccc1[C@@H]1CCCN1C1CC2(CCN(c3ccc(C(=O)NS(=O)(=O)c4cc5c(c([N+](=O)[O-])c4)N[C@@H](C4CCC(C)(C)CC4)CO5)c(Oc4cc5cc[nH]c5nc4N4CCOCC4)c3)CC2)C1. The molecule has 3 saturated heterocycles. The number of carbonyl (C=O) groups is 1. The first-order chi connectivity index (χ1) is 34.6. The second-order valence-electron chi connectivity index (χ2n) is 22.4. The number of aromatic amines is 1. The number of hydrogen-bond donors (Lipinski definition) is 3. The van der Waals surface area contributed by atoms with Crippen LogP contribution in [0.1, 0.15) is 125 Å². The number of hydrogen-bond acceptors (Lipinski definition) is 13. The van der Waals surface area contributed by atoms with Crippen LogP contribution in [0, 0.1) is 26.9 Å². The van der Waals surface area contributed by atoms with Crippen molar-refractivity contribution in [1.82, 2.24) is 19.6 Å². The zero-order valence-electron chi connectivity index (χ0n) is 42.0. The highest BCUT2D eigenvalue weighted by atomic mass is 32.2. The second kappa shape index (κ2) is 19.2. The number of ether oxygens (including phenoxy) is 3. The van der Waals surface area contributed by atoms with E-state index in [4.69, 9.17) is 19.2 Å². The van der Waals surface area contributed by atoms with Crippen molar-refractivity contribution in [3.05, 3.63) is 99.7 Å². The molecular weight excluding hydrogens is 933 g/mol. The van der Waals surface area contributed by atoms with Crippen molar-refractivity contribution in [2.75, 3.05) is 67.7 Å². The van der Waals surface area contributed by atoms with Crippen LogP contribution in [0.15, 0.2) is 77.8 Å². The van der Waals surface area contributed by atoms with Gasteiger partial charge < -0.3 is 34.3 Å². The van der Waals surface area contributed by atoms with Crippen molar-refractivity contribution in [3.8, 4) is 17.2 Å². The lowest BCUT2D eigenvalue weighted by molar-refractivity contribution is -0.384. The second-order valence-corrected chi connectivity index (χ2v) is 24.1. The minimum absolute atomic E-state index is 0.0252. The smallest absolute Gasteiger partial charge is 0.297 e. The molecule has 2 aromatic heterocycles. The summed E-state index contributed by atoms with van der Waals surface area (Å²) in [5.74, 6) is 0.964. The Kier molecular flexibility index (Phi) is 12.9. The predicted octanol–water partition coefficient (Wildman–Crippen LogP) is 10.3. The van der Waals surface area contributed by atoms with Crippen LogP contribution in [0.25, 0.3) is 11.0 Å². The van der Waals surface area contributed by atoms with Gasteiger partial charge in [-0.25, -0.2) is 18.1 Å². The summed E-state index contributed by atoms with van der Waals surface area (Å²) >= 11 is 0. The molecule has 3 N–H and O–H groups in total. The summed E-state index contributed by atoms with van der Waals surface area (Å²) in [6.45, 7) is 14.3. The van der Waals surface area contributed by atoms with E-state index in [9.17, 15) is 23.3 Å². The van der Waals surface area contributed by atoms with E-state index in [0.29, 0.717) is 61.5 Å². The number of nitro groups is 1. The number of piperidine rings is 1. The zero-order valence-corrected chi connectivity index (χ0v) is 42.8. The molecule has 5 aromatic rings. The fourth-order valence-electron chi connectivity index (χ4n) is 12.7. The van der Waals surface area contributed by atoms with Gasteiger partial charge in [-0.2, -0.15) is 0 Å². The number of morpholine rings is 1. The minimum atomic E-state index is -4.68.